The Morgan fingerprint density at radius 3 is 2.33 bits per heavy atom. The summed E-state index contributed by atoms with van der Waals surface area (Å²) in [5, 5.41) is 1.82. The number of aliphatic imine (C=N–C) groups is 1. The van der Waals surface area contributed by atoms with Gasteiger partial charge in [0.05, 0.1) is 6.54 Å². The van der Waals surface area contributed by atoms with Crippen molar-refractivity contribution in [3.8, 4) is 16.9 Å². The lowest BCUT2D eigenvalue weighted by Gasteiger charge is -2.19. The third kappa shape index (κ3) is 5.08. The molecule has 0 N–H and O–H groups in total. The molecule has 0 atom stereocenters. The molecule has 30 heavy (non-hydrogen) atoms. The molecule has 0 radical (unpaired) electrons. The predicted octanol–water partition coefficient (Wildman–Crippen LogP) is 5.96. The Kier molecular flexibility index (Phi) is 5.86. The second kappa shape index (κ2) is 8.72. The Morgan fingerprint density at radius 1 is 0.900 bits per heavy atom. The van der Waals surface area contributed by atoms with Crippen LogP contribution in [0, 0.1) is 0 Å². The first-order valence-electron chi connectivity index (χ1n) is 10.3. The van der Waals surface area contributed by atoms with Crippen molar-refractivity contribution in [3.63, 3.8) is 0 Å². The topological polar surface area (TPSA) is 34.1 Å². The average Bonchev–Trinajstić information content (AvgIpc) is 3.25. The van der Waals surface area contributed by atoms with Crippen molar-refractivity contribution < 1.29 is 9.57 Å². The van der Waals surface area contributed by atoms with Gasteiger partial charge in [-0.2, -0.15) is 0 Å². The van der Waals surface area contributed by atoms with Crippen molar-refractivity contribution in [1.82, 2.24) is 5.06 Å². The normalized spacial score (nSPS) is 14.0. The van der Waals surface area contributed by atoms with Gasteiger partial charge in [-0.1, -0.05) is 75.4 Å². The molecule has 4 heteroatoms. The summed E-state index contributed by atoms with van der Waals surface area (Å²) in [7, 11) is 0. The first-order chi connectivity index (χ1) is 14.5. The van der Waals surface area contributed by atoms with Gasteiger partial charge < -0.3 is 9.57 Å². The van der Waals surface area contributed by atoms with Crippen LogP contribution in [0.2, 0.25) is 0 Å². The van der Waals surface area contributed by atoms with E-state index in [1.54, 1.807) is 0 Å². The van der Waals surface area contributed by atoms with E-state index >= 15 is 0 Å². The highest BCUT2D eigenvalue weighted by atomic mass is 16.7. The smallest absolute Gasteiger partial charge is 0.198 e. The van der Waals surface area contributed by atoms with Gasteiger partial charge in [0.2, 0.25) is 0 Å². The molecule has 0 saturated heterocycles. The van der Waals surface area contributed by atoms with Gasteiger partial charge in [-0.15, -0.1) is 5.06 Å². The third-order valence-electron chi connectivity index (χ3n) is 5.21. The maximum Gasteiger partial charge on any atom is 0.198 e. The van der Waals surface area contributed by atoms with E-state index < -0.39 is 0 Å². The molecular weight excluding hydrogens is 372 g/mol. The summed E-state index contributed by atoms with van der Waals surface area (Å²) in [6.45, 7) is 8.54. The Bertz CT molecular complexity index is 994. The summed E-state index contributed by atoms with van der Waals surface area (Å²) in [4.78, 5) is 9.40. The first kappa shape index (κ1) is 20.2. The predicted molar refractivity (Wildman–Crippen MR) is 121 cm³/mol. The lowest BCUT2D eigenvalue weighted by Crippen LogP contribution is -2.17. The average molecular weight is 401 g/mol. The summed E-state index contributed by atoms with van der Waals surface area (Å²) in [5.41, 5.74) is 6.21. The molecule has 0 fully saturated rings. The van der Waals surface area contributed by atoms with Crippen molar-refractivity contribution in [2.75, 3.05) is 6.67 Å². The Morgan fingerprint density at radius 2 is 1.67 bits per heavy atom. The zero-order valence-corrected chi connectivity index (χ0v) is 17.8. The lowest BCUT2D eigenvalue weighted by atomic mass is 9.87. The fraction of sp³-hybridized carbons (Fsp3) is 0.269. The number of nitrogens with zero attached hydrogens (tertiary/aromatic N) is 2. The second-order valence-corrected chi connectivity index (χ2v) is 8.64. The highest BCUT2D eigenvalue weighted by molar-refractivity contribution is 5.65. The zero-order chi connectivity index (χ0) is 21.0. The number of hydrogen-bond acceptors (Lipinski definition) is 4. The third-order valence-corrected chi connectivity index (χ3v) is 5.21. The Hall–Kier alpha value is -3.11. The van der Waals surface area contributed by atoms with Crippen LogP contribution in [0.5, 0.6) is 5.75 Å². The highest BCUT2D eigenvalue weighted by Crippen LogP contribution is 2.25. The first-order valence-corrected chi connectivity index (χ1v) is 10.3. The molecule has 3 aromatic rings. The molecule has 3 aromatic carbocycles. The fourth-order valence-electron chi connectivity index (χ4n) is 3.41. The second-order valence-electron chi connectivity index (χ2n) is 8.64. The van der Waals surface area contributed by atoms with Crippen molar-refractivity contribution in [1.29, 1.82) is 0 Å². The molecule has 0 aliphatic carbocycles. The molecule has 0 amide bonds. The largest absolute Gasteiger partial charge is 0.489 e. The van der Waals surface area contributed by atoms with Crippen LogP contribution in [0.25, 0.3) is 11.1 Å². The van der Waals surface area contributed by atoms with Crippen molar-refractivity contribution >= 4 is 6.40 Å². The molecule has 4 nitrogen and oxygen atoms in total. The van der Waals surface area contributed by atoms with Crippen LogP contribution in [0.3, 0.4) is 0 Å². The lowest BCUT2D eigenvalue weighted by molar-refractivity contribution is -0.0518. The van der Waals surface area contributed by atoms with E-state index in [1.165, 1.54) is 28.7 Å². The van der Waals surface area contributed by atoms with Gasteiger partial charge in [-0.3, -0.25) is 0 Å². The zero-order valence-electron chi connectivity index (χ0n) is 17.8. The summed E-state index contributed by atoms with van der Waals surface area (Å²) < 4.78 is 5.98. The van der Waals surface area contributed by atoms with Crippen LogP contribution >= 0.6 is 0 Å². The van der Waals surface area contributed by atoms with Gasteiger partial charge in [0.15, 0.2) is 6.40 Å². The molecule has 4 rings (SSSR count). The van der Waals surface area contributed by atoms with Gasteiger partial charge in [-0.25, -0.2) is 4.99 Å². The monoisotopic (exact) mass is 400 g/mol. The standard InChI is InChI=1S/C26H28N2O2/c1-26(2,3)24-11-7-20(8-12-24)17-29-25-13-9-22(10-14-25)23-6-4-5-21(15-23)16-28-18-27-19-30-28/h4-15,19H,16-18H2,1-3H3. The quantitative estimate of drug-likeness (QED) is 0.512. The van der Waals surface area contributed by atoms with E-state index in [-0.39, 0.29) is 5.41 Å². The van der Waals surface area contributed by atoms with Gasteiger partial charge in [0.25, 0.3) is 0 Å². The SMILES string of the molecule is CC(C)(C)c1ccc(COc2ccc(-c3cccc(CN4CN=CO4)c3)cc2)cc1. The number of hydroxylamine groups is 2. The molecular formula is C26H28N2O2. The molecule has 0 aromatic heterocycles. The van der Waals surface area contributed by atoms with Crippen LogP contribution in [0.1, 0.15) is 37.5 Å². The summed E-state index contributed by atoms with van der Waals surface area (Å²) in [5.74, 6) is 0.873. The minimum absolute atomic E-state index is 0.168. The Balaban J connectivity index is 1.37. The van der Waals surface area contributed by atoms with Gasteiger partial charge >= 0.3 is 0 Å². The van der Waals surface area contributed by atoms with Crippen molar-refractivity contribution in [3.05, 3.63) is 89.5 Å². The fourth-order valence-corrected chi connectivity index (χ4v) is 3.41. The Labute approximate surface area is 178 Å². The number of benzene rings is 3. The summed E-state index contributed by atoms with van der Waals surface area (Å²) in [6, 6.07) is 25.4. The highest BCUT2D eigenvalue weighted by Gasteiger charge is 2.13. The molecule has 1 heterocycles. The van der Waals surface area contributed by atoms with Crippen molar-refractivity contribution in [2.45, 2.75) is 39.3 Å². The molecule has 154 valence electrons. The molecule has 0 unspecified atom stereocenters. The van der Waals surface area contributed by atoms with Gasteiger partial charge in [0.1, 0.15) is 19.0 Å². The summed E-state index contributed by atoms with van der Waals surface area (Å²) in [6.07, 6.45) is 1.49. The van der Waals surface area contributed by atoms with E-state index in [0.717, 1.165) is 11.3 Å². The number of ether oxygens (including phenoxy) is 1. The number of hydrogen-bond donors (Lipinski definition) is 0. The van der Waals surface area contributed by atoms with Crippen LogP contribution < -0.4 is 4.74 Å². The number of rotatable bonds is 6. The van der Waals surface area contributed by atoms with Gasteiger partial charge in [-0.05, 0) is 51.4 Å². The summed E-state index contributed by atoms with van der Waals surface area (Å²) >= 11 is 0. The van der Waals surface area contributed by atoms with Crippen LogP contribution in [0.15, 0.2) is 77.8 Å². The molecule has 1 aliphatic rings. The molecule has 0 saturated carbocycles. The van der Waals surface area contributed by atoms with E-state index in [1.807, 2.05) is 17.2 Å². The van der Waals surface area contributed by atoms with E-state index in [4.69, 9.17) is 9.57 Å². The van der Waals surface area contributed by atoms with Crippen molar-refractivity contribution in [2.24, 2.45) is 4.99 Å². The van der Waals surface area contributed by atoms with Crippen LogP contribution in [-0.2, 0) is 23.4 Å². The minimum atomic E-state index is 0.168. The minimum Gasteiger partial charge on any atom is -0.489 e. The molecule has 0 spiro atoms. The molecule has 1 aliphatic heterocycles. The van der Waals surface area contributed by atoms with E-state index in [2.05, 4.69) is 86.4 Å². The van der Waals surface area contributed by atoms with Crippen LogP contribution in [-0.4, -0.2) is 18.1 Å². The molecule has 0 bridgehead atoms. The maximum atomic E-state index is 5.98. The van der Waals surface area contributed by atoms with Gasteiger partial charge in [0, 0.05) is 0 Å². The van der Waals surface area contributed by atoms with E-state index in [0.29, 0.717) is 19.8 Å². The van der Waals surface area contributed by atoms with E-state index in [9.17, 15) is 0 Å². The van der Waals surface area contributed by atoms with Crippen LogP contribution in [0.4, 0.5) is 0 Å². The maximum absolute atomic E-state index is 5.98.